The first-order valence-corrected chi connectivity index (χ1v) is 7.55. The fraction of sp³-hybridized carbons (Fsp3) is 0.300. The third kappa shape index (κ3) is 2.98. The molecule has 102 valence electrons. The van der Waals surface area contributed by atoms with E-state index in [1.165, 1.54) is 11.3 Å². The number of carboxylic acid groups (broad SMARTS) is 1. The lowest BCUT2D eigenvalue weighted by Gasteiger charge is -2.32. The Morgan fingerprint density at radius 1 is 1.47 bits per heavy atom. The lowest BCUT2D eigenvalue weighted by molar-refractivity contribution is -0.144. The van der Waals surface area contributed by atoms with Gasteiger partial charge in [-0.2, -0.15) is 0 Å². The number of piperazine rings is 1. The van der Waals surface area contributed by atoms with Crippen LogP contribution in [-0.2, 0) is 9.59 Å². The summed E-state index contributed by atoms with van der Waals surface area (Å²) in [6.07, 6.45) is 0. The summed E-state index contributed by atoms with van der Waals surface area (Å²) in [6.45, 7) is -0.335. The minimum absolute atomic E-state index is 0.0805. The predicted molar refractivity (Wildman–Crippen MR) is 75.2 cm³/mol. The Hall–Kier alpha value is -0.930. The molecule has 0 radical (unpaired) electrons. The highest BCUT2D eigenvalue weighted by Crippen LogP contribution is 2.33. The number of thiophene rings is 1. The van der Waals surface area contributed by atoms with E-state index in [1.54, 1.807) is 6.07 Å². The van der Waals surface area contributed by atoms with Crippen molar-refractivity contribution in [3.63, 3.8) is 0 Å². The van der Waals surface area contributed by atoms with Crippen LogP contribution in [0.5, 0.6) is 0 Å². The van der Waals surface area contributed by atoms with Gasteiger partial charge in [0.05, 0.1) is 13.1 Å². The van der Waals surface area contributed by atoms with Crippen molar-refractivity contribution >= 4 is 61.0 Å². The summed E-state index contributed by atoms with van der Waals surface area (Å²) in [5, 5.41) is 11.5. The Bertz CT molecular complexity index is 560. The molecule has 1 aromatic heterocycles. The summed E-state index contributed by atoms with van der Waals surface area (Å²) in [7, 11) is 0. The van der Waals surface area contributed by atoms with Crippen molar-refractivity contribution in [2.24, 2.45) is 0 Å². The molecule has 0 spiro atoms. The molecule has 1 aliphatic heterocycles. The van der Waals surface area contributed by atoms with Crippen LogP contribution in [0.1, 0.15) is 10.4 Å². The number of carbonyl (C=O) groups is 3. The zero-order chi connectivity index (χ0) is 14.2. The van der Waals surface area contributed by atoms with E-state index in [4.69, 9.17) is 5.11 Å². The van der Waals surface area contributed by atoms with Crippen molar-refractivity contribution in [2.45, 2.75) is 6.04 Å². The van der Waals surface area contributed by atoms with E-state index in [1.807, 2.05) is 0 Å². The fourth-order valence-electron chi connectivity index (χ4n) is 1.72. The smallest absolute Gasteiger partial charge is 0.328 e. The van der Waals surface area contributed by atoms with Crippen molar-refractivity contribution in [3.05, 3.63) is 19.2 Å². The van der Waals surface area contributed by atoms with Crippen molar-refractivity contribution in [2.75, 3.05) is 13.1 Å². The molecule has 0 bridgehead atoms. The van der Waals surface area contributed by atoms with Gasteiger partial charge in [-0.05, 0) is 37.9 Å². The van der Waals surface area contributed by atoms with Crippen molar-refractivity contribution in [3.8, 4) is 0 Å². The average molecular weight is 412 g/mol. The first kappa shape index (κ1) is 14.5. The van der Waals surface area contributed by atoms with E-state index in [9.17, 15) is 14.4 Å². The van der Waals surface area contributed by atoms with Crippen molar-refractivity contribution in [1.29, 1.82) is 0 Å². The second kappa shape index (κ2) is 5.59. The van der Waals surface area contributed by atoms with Crippen molar-refractivity contribution in [1.82, 2.24) is 10.2 Å². The van der Waals surface area contributed by atoms with E-state index in [0.29, 0.717) is 9.35 Å². The molecule has 2 amide bonds. The van der Waals surface area contributed by atoms with Gasteiger partial charge in [0.1, 0.15) is 12.6 Å². The minimum Gasteiger partial charge on any atom is -0.480 e. The van der Waals surface area contributed by atoms with Gasteiger partial charge >= 0.3 is 5.97 Å². The molecule has 0 aromatic carbocycles. The summed E-state index contributed by atoms with van der Waals surface area (Å²) >= 11 is 7.81. The first-order chi connectivity index (χ1) is 8.90. The summed E-state index contributed by atoms with van der Waals surface area (Å²) in [6, 6.07) is 0.554. The van der Waals surface area contributed by atoms with Crippen LogP contribution >= 0.6 is 43.2 Å². The molecule has 1 saturated heterocycles. The number of rotatable bonds is 2. The highest BCUT2D eigenvalue weighted by Gasteiger charge is 2.36. The molecule has 2 rings (SSSR count). The SMILES string of the molecule is O=C1CN(C(=O)c2cc(Br)sc2Br)C(C(=O)O)CN1. The van der Waals surface area contributed by atoms with Gasteiger partial charge in [-0.1, -0.05) is 0 Å². The summed E-state index contributed by atoms with van der Waals surface area (Å²) < 4.78 is 1.34. The molecule has 6 nitrogen and oxygen atoms in total. The van der Waals surface area contributed by atoms with Gasteiger partial charge in [0.15, 0.2) is 0 Å². The van der Waals surface area contributed by atoms with Gasteiger partial charge < -0.3 is 15.3 Å². The third-order valence-electron chi connectivity index (χ3n) is 2.62. The van der Waals surface area contributed by atoms with Crippen LogP contribution in [0.4, 0.5) is 0 Å². The molecule has 1 fully saturated rings. The molecule has 9 heteroatoms. The number of carbonyl (C=O) groups excluding carboxylic acids is 2. The molecule has 1 unspecified atom stereocenters. The second-order valence-electron chi connectivity index (χ2n) is 3.83. The van der Waals surface area contributed by atoms with Crippen LogP contribution in [0.2, 0.25) is 0 Å². The van der Waals surface area contributed by atoms with Gasteiger partial charge in [0, 0.05) is 6.54 Å². The zero-order valence-electron chi connectivity index (χ0n) is 9.35. The minimum atomic E-state index is -1.14. The Morgan fingerprint density at radius 3 is 2.68 bits per heavy atom. The largest absolute Gasteiger partial charge is 0.480 e. The number of hydrogen-bond donors (Lipinski definition) is 2. The summed E-state index contributed by atoms with van der Waals surface area (Å²) in [5.74, 6) is -1.98. The van der Waals surface area contributed by atoms with Crippen LogP contribution in [0, 0.1) is 0 Å². The normalized spacial score (nSPS) is 19.2. The molecule has 1 aliphatic rings. The average Bonchev–Trinajstić information content (AvgIpc) is 2.67. The lowest BCUT2D eigenvalue weighted by Crippen LogP contribution is -2.59. The number of hydrogen-bond acceptors (Lipinski definition) is 4. The lowest BCUT2D eigenvalue weighted by atomic mass is 10.1. The quantitative estimate of drug-likeness (QED) is 0.767. The molecule has 2 heterocycles. The van der Waals surface area contributed by atoms with Gasteiger partial charge in [-0.25, -0.2) is 4.79 Å². The number of carboxylic acids is 1. The summed E-state index contributed by atoms with van der Waals surface area (Å²) in [4.78, 5) is 35.9. The molecule has 0 saturated carbocycles. The first-order valence-electron chi connectivity index (χ1n) is 5.15. The molecular weight excluding hydrogens is 404 g/mol. The highest BCUT2D eigenvalue weighted by atomic mass is 79.9. The maximum Gasteiger partial charge on any atom is 0.328 e. The fourth-order valence-corrected chi connectivity index (χ4v) is 4.49. The molecule has 2 N–H and O–H groups in total. The molecule has 1 atom stereocenters. The van der Waals surface area contributed by atoms with Gasteiger partial charge in [0.2, 0.25) is 5.91 Å². The van der Waals surface area contributed by atoms with Crippen molar-refractivity contribution < 1.29 is 19.5 Å². The standard InChI is InChI=1S/C10H8Br2N2O4S/c11-6-1-4(8(12)19-6)9(16)14-3-7(15)13-2-5(14)10(17)18/h1,5H,2-3H2,(H,13,15)(H,17,18). The van der Waals surface area contributed by atoms with Crippen LogP contribution in [0.15, 0.2) is 13.6 Å². The van der Waals surface area contributed by atoms with Gasteiger partial charge in [-0.15, -0.1) is 11.3 Å². The Labute approximate surface area is 129 Å². The summed E-state index contributed by atoms with van der Waals surface area (Å²) in [5.41, 5.74) is 0.345. The monoisotopic (exact) mass is 410 g/mol. The zero-order valence-corrected chi connectivity index (χ0v) is 13.3. The number of aliphatic carboxylic acids is 1. The molecule has 0 aliphatic carbocycles. The van der Waals surface area contributed by atoms with E-state index < -0.39 is 17.9 Å². The van der Waals surface area contributed by atoms with E-state index in [2.05, 4.69) is 37.2 Å². The Balaban J connectivity index is 2.31. The van der Waals surface area contributed by atoms with Gasteiger partial charge in [-0.3, -0.25) is 9.59 Å². The maximum absolute atomic E-state index is 12.3. The molecule has 19 heavy (non-hydrogen) atoms. The van der Waals surface area contributed by atoms with E-state index in [-0.39, 0.29) is 19.0 Å². The molecular formula is C10H8Br2N2O4S. The second-order valence-corrected chi connectivity index (χ2v) is 7.58. The number of nitrogens with one attached hydrogen (secondary N) is 1. The number of halogens is 2. The Kier molecular flexibility index (Phi) is 4.26. The van der Waals surface area contributed by atoms with E-state index in [0.717, 1.165) is 8.69 Å². The van der Waals surface area contributed by atoms with Crippen LogP contribution in [-0.4, -0.2) is 46.9 Å². The molecule has 1 aromatic rings. The Morgan fingerprint density at radius 2 is 2.16 bits per heavy atom. The highest BCUT2D eigenvalue weighted by molar-refractivity contribution is 9.12. The van der Waals surface area contributed by atoms with Crippen LogP contribution in [0.3, 0.4) is 0 Å². The van der Waals surface area contributed by atoms with Crippen LogP contribution in [0.25, 0.3) is 0 Å². The third-order valence-corrected chi connectivity index (χ3v) is 4.96. The number of nitrogens with zero attached hydrogens (tertiary/aromatic N) is 1. The van der Waals surface area contributed by atoms with E-state index >= 15 is 0 Å². The maximum atomic E-state index is 12.3. The topological polar surface area (TPSA) is 86.7 Å². The predicted octanol–water partition coefficient (Wildman–Crippen LogP) is 1.30. The van der Waals surface area contributed by atoms with Gasteiger partial charge in [0.25, 0.3) is 5.91 Å². The number of amides is 2. The van der Waals surface area contributed by atoms with Crippen LogP contribution < -0.4 is 5.32 Å².